The van der Waals surface area contributed by atoms with Gasteiger partial charge < -0.3 is 9.84 Å². The SMILES string of the molecule is C[C@@H](O)COc1ccc(C2CCCCC2)cc1. The molecule has 0 aliphatic heterocycles. The molecule has 94 valence electrons. The molecule has 1 aromatic rings. The summed E-state index contributed by atoms with van der Waals surface area (Å²) in [7, 11) is 0. The van der Waals surface area contributed by atoms with Gasteiger partial charge in [-0.05, 0) is 43.4 Å². The van der Waals surface area contributed by atoms with Crippen LogP contribution in [0.25, 0.3) is 0 Å². The third kappa shape index (κ3) is 3.74. The first kappa shape index (κ1) is 12.4. The number of hydrogen-bond donors (Lipinski definition) is 1. The van der Waals surface area contributed by atoms with Gasteiger partial charge in [0, 0.05) is 0 Å². The zero-order chi connectivity index (χ0) is 12.1. The van der Waals surface area contributed by atoms with Crippen molar-refractivity contribution in [2.75, 3.05) is 6.61 Å². The van der Waals surface area contributed by atoms with Crippen LogP contribution in [0.15, 0.2) is 24.3 Å². The second-order valence-electron chi connectivity index (χ2n) is 5.06. The number of ether oxygens (including phenoxy) is 1. The lowest BCUT2D eigenvalue weighted by Gasteiger charge is -2.22. The quantitative estimate of drug-likeness (QED) is 0.864. The van der Waals surface area contributed by atoms with E-state index in [9.17, 15) is 0 Å². The van der Waals surface area contributed by atoms with Crippen LogP contribution in [0, 0.1) is 0 Å². The minimum atomic E-state index is -0.409. The highest BCUT2D eigenvalue weighted by Gasteiger charge is 2.15. The average Bonchev–Trinajstić information content (AvgIpc) is 2.38. The van der Waals surface area contributed by atoms with Crippen LogP contribution < -0.4 is 4.74 Å². The lowest BCUT2D eigenvalue weighted by Crippen LogP contribution is -2.12. The molecule has 2 rings (SSSR count). The van der Waals surface area contributed by atoms with Crippen molar-refractivity contribution in [3.63, 3.8) is 0 Å². The van der Waals surface area contributed by atoms with E-state index in [0.717, 1.165) is 11.7 Å². The molecule has 0 radical (unpaired) electrons. The molecule has 0 bridgehead atoms. The van der Waals surface area contributed by atoms with Crippen LogP contribution >= 0.6 is 0 Å². The molecule has 0 heterocycles. The smallest absolute Gasteiger partial charge is 0.119 e. The maximum Gasteiger partial charge on any atom is 0.119 e. The molecule has 0 aromatic heterocycles. The van der Waals surface area contributed by atoms with E-state index in [0.29, 0.717) is 6.61 Å². The van der Waals surface area contributed by atoms with Crippen molar-refractivity contribution in [2.24, 2.45) is 0 Å². The van der Waals surface area contributed by atoms with Gasteiger partial charge in [-0.1, -0.05) is 31.4 Å². The highest BCUT2D eigenvalue weighted by Crippen LogP contribution is 2.33. The Morgan fingerprint density at radius 2 is 1.82 bits per heavy atom. The number of hydrogen-bond acceptors (Lipinski definition) is 2. The van der Waals surface area contributed by atoms with Gasteiger partial charge >= 0.3 is 0 Å². The molecule has 1 aliphatic rings. The van der Waals surface area contributed by atoms with Crippen molar-refractivity contribution in [3.05, 3.63) is 29.8 Å². The lowest BCUT2D eigenvalue weighted by molar-refractivity contribution is 0.122. The van der Waals surface area contributed by atoms with E-state index in [1.807, 2.05) is 12.1 Å². The number of aliphatic hydroxyl groups excluding tert-OH is 1. The molecular weight excluding hydrogens is 212 g/mol. The van der Waals surface area contributed by atoms with E-state index < -0.39 is 6.10 Å². The Hall–Kier alpha value is -1.02. The van der Waals surface area contributed by atoms with Crippen LogP contribution in [0.4, 0.5) is 0 Å². The maximum atomic E-state index is 9.15. The fraction of sp³-hybridized carbons (Fsp3) is 0.600. The van der Waals surface area contributed by atoms with E-state index in [4.69, 9.17) is 9.84 Å². The molecule has 1 aromatic carbocycles. The summed E-state index contributed by atoms with van der Waals surface area (Å²) in [5.41, 5.74) is 1.44. The Balaban J connectivity index is 1.92. The molecular formula is C15H22O2. The highest BCUT2D eigenvalue weighted by molar-refractivity contribution is 5.29. The first-order valence-electron chi connectivity index (χ1n) is 6.66. The monoisotopic (exact) mass is 234 g/mol. The molecule has 0 saturated heterocycles. The molecule has 1 fully saturated rings. The molecule has 17 heavy (non-hydrogen) atoms. The Labute approximate surface area is 104 Å². The summed E-state index contributed by atoms with van der Waals surface area (Å²) < 4.78 is 5.46. The largest absolute Gasteiger partial charge is 0.491 e. The molecule has 0 unspecified atom stereocenters. The lowest BCUT2D eigenvalue weighted by atomic mass is 9.84. The van der Waals surface area contributed by atoms with E-state index in [2.05, 4.69) is 12.1 Å². The number of aliphatic hydroxyl groups is 1. The molecule has 1 N–H and O–H groups in total. The minimum absolute atomic E-state index is 0.364. The van der Waals surface area contributed by atoms with Crippen LogP contribution in [0.5, 0.6) is 5.75 Å². The summed E-state index contributed by atoms with van der Waals surface area (Å²) in [5, 5.41) is 9.15. The fourth-order valence-corrected chi connectivity index (χ4v) is 2.49. The first-order valence-corrected chi connectivity index (χ1v) is 6.66. The zero-order valence-electron chi connectivity index (χ0n) is 10.6. The van der Waals surface area contributed by atoms with Crippen LogP contribution in [-0.2, 0) is 0 Å². The van der Waals surface area contributed by atoms with Gasteiger partial charge in [0.1, 0.15) is 12.4 Å². The molecule has 0 amide bonds. The third-order valence-corrected chi connectivity index (χ3v) is 3.45. The van der Waals surface area contributed by atoms with Gasteiger partial charge in [0.05, 0.1) is 6.10 Å². The molecule has 1 aliphatic carbocycles. The average molecular weight is 234 g/mol. The maximum absolute atomic E-state index is 9.15. The second kappa shape index (κ2) is 6.06. The standard InChI is InChI=1S/C15H22O2/c1-12(16)11-17-15-9-7-14(8-10-15)13-5-3-2-4-6-13/h7-10,12-13,16H,2-6,11H2,1H3/t12-/m1/s1. The van der Waals surface area contributed by atoms with Gasteiger partial charge in [0.25, 0.3) is 0 Å². The molecule has 2 nitrogen and oxygen atoms in total. The molecule has 1 atom stereocenters. The van der Waals surface area contributed by atoms with Crippen LogP contribution in [0.2, 0.25) is 0 Å². The van der Waals surface area contributed by atoms with Crippen molar-refractivity contribution in [1.29, 1.82) is 0 Å². The summed E-state index contributed by atoms with van der Waals surface area (Å²) in [4.78, 5) is 0. The summed E-state index contributed by atoms with van der Waals surface area (Å²) in [6.07, 6.45) is 6.37. The van der Waals surface area contributed by atoms with E-state index in [-0.39, 0.29) is 0 Å². The van der Waals surface area contributed by atoms with Crippen LogP contribution in [0.3, 0.4) is 0 Å². The topological polar surface area (TPSA) is 29.5 Å². The van der Waals surface area contributed by atoms with Crippen molar-refractivity contribution in [1.82, 2.24) is 0 Å². The molecule has 2 heteroatoms. The second-order valence-corrected chi connectivity index (χ2v) is 5.06. The van der Waals surface area contributed by atoms with Crippen LogP contribution in [-0.4, -0.2) is 17.8 Å². The van der Waals surface area contributed by atoms with Gasteiger partial charge in [-0.2, -0.15) is 0 Å². The Kier molecular flexibility index (Phi) is 4.43. The highest BCUT2D eigenvalue weighted by atomic mass is 16.5. The third-order valence-electron chi connectivity index (χ3n) is 3.45. The fourth-order valence-electron chi connectivity index (χ4n) is 2.49. The summed E-state index contributed by atoms with van der Waals surface area (Å²) >= 11 is 0. The van der Waals surface area contributed by atoms with Crippen LogP contribution in [0.1, 0.15) is 50.5 Å². The van der Waals surface area contributed by atoms with Crippen molar-refractivity contribution in [3.8, 4) is 5.75 Å². The van der Waals surface area contributed by atoms with Crippen molar-refractivity contribution < 1.29 is 9.84 Å². The van der Waals surface area contributed by atoms with E-state index >= 15 is 0 Å². The zero-order valence-corrected chi connectivity index (χ0v) is 10.6. The van der Waals surface area contributed by atoms with E-state index in [1.165, 1.54) is 37.7 Å². The van der Waals surface area contributed by atoms with Gasteiger partial charge in [-0.25, -0.2) is 0 Å². The summed E-state index contributed by atoms with van der Waals surface area (Å²) in [6, 6.07) is 8.39. The van der Waals surface area contributed by atoms with Gasteiger partial charge in [-0.15, -0.1) is 0 Å². The molecule has 0 spiro atoms. The Morgan fingerprint density at radius 3 is 2.41 bits per heavy atom. The van der Waals surface area contributed by atoms with Crippen molar-refractivity contribution in [2.45, 2.75) is 51.0 Å². The van der Waals surface area contributed by atoms with E-state index in [1.54, 1.807) is 6.92 Å². The van der Waals surface area contributed by atoms with Gasteiger partial charge in [-0.3, -0.25) is 0 Å². The summed E-state index contributed by atoms with van der Waals surface area (Å²) in [6.45, 7) is 2.10. The van der Waals surface area contributed by atoms with Gasteiger partial charge in [0.15, 0.2) is 0 Å². The predicted octanol–water partition coefficient (Wildman–Crippen LogP) is 3.49. The minimum Gasteiger partial charge on any atom is -0.491 e. The predicted molar refractivity (Wildman–Crippen MR) is 69.4 cm³/mol. The summed E-state index contributed by atoms with van der Waals surface area (Å²) in [5.74, 6) is 1.60. The number of rotatable bonds is 4. The Bertz CT molecular complexity index is 323. The van der Waals surface area contributed by atoms with Crippen molar-refractivity contribution >= 4 is 0 Å². The first-order chi connectivity index (χ1) is 8.25. The number of benzene rings is 1. The van der Waals surface area contributed by atoms with Gasteiger partial charge in [0.2, 0.25) is 0 Å². The molecule has 1 saturated carbocycles. The normalized spacial score (nSPS) is 18.9. The Morgan fingerprint density at radius 1 is 1.18 bits per heavy atom.